The molecule has 1 aromatic heterocycles. The average Bonchev–Trinajstić information content (AvgIpc) is 2.65. The monoisotopic (exact) mass is 389 g/mol. The summed E-state index contributed by atoms with van der Waals surface area (Å²) in [4.78, 5) is 56.1. The fraction of sp³-hybridized carbons (Fsp3) is 0.421. The molecule has 2 N–H and O–H groups in total. The first-order valence-electron chi connectivity index (χ1n) is 8.95. The fourth-order valence-corrected chi connectivity index (χ4v) is 2.82. The number of hydrogen-bond donors (Lipinski definition) is 2. The number of amides is 1. The number of carbonyl (C=O) groups is 3. The van der Waals surface area contributed by atoms with Crippen LogP contribution < -0.4 is 10.9 Å². The molecule has 1 aromatic carbocycles. The Morgan fingerprint density at radius 1 is 1.11 bits per heavy atom. The first-order chi connectivity index (χ1) is 13.3. The molecule has 28 heavy (non-hydrogen) atoms. The zero-order valence-electron chi connectivity index (χ0n) is 16.0. The van der Waals surface area contributed by atoms with E-state index in [9.17, 15) is 19.2 Å². The van der Waals surface area contributed by atoms with Gasteiger partial charge >= 0.3 is 11.9 Å². The summed E-state index contributed by atoms with van der Waals surface area (Å²) in [5.74, 6) is -2.17. The average molecular weight is 389 g/mol. The third-order valence-electron chi connectivity index (χ3n) is 4.04. The number of hydrogen-bond acceptors (Lipinski definition) is 7. The third kappa shape index (κ3) is 4.54. The molecule has 0 unspecified atom stereocenters. The largest absolute Gasteiger partial charge is 0.464 e. The van der Waals surface area contributed by atoms with E-state index >= 15 is 0 Å². The Bertz CT molecular complexity index is 919. The van der Waals surface area contributed by atoms with Crippen LogP contribution in [0.1, 0.15) is 33.0 Å². The Morgan fingerprint density at radius 3 is 2.29 bits per heavy atom. The van der Waals surface area contributed by atoms with E-state index in [2.05, 4.69) is 15.3 Å². The molecule has 0 radical (unpaired) electrons. The lowest BCUT2D eigenvalue weighted by molar-refractivity contribution is -0.168. The number of fused-ring (bicyclic) bond motifs is 1. The number of rotatable bonds is 8. The van der Waals surface area contributed by atoms with Crippen molar-refractivity contribution in [3.8, 4) is 0 Å². The number of aromatic nitrogens is 2. The number of nitrogens with one attached hydrogen (secondary N) is 2. The van der Waals surface area contributed by atoms with Gasteiger partial charge in [0, 0.05) is 13.3 Å². The van der Waals surface area contributed by atoms with Crippen molar-refractivity contribution >= 4 is 28.7 Å². The van der Waals surface area contributed by atoms with Crippen LogP contribution in [-0.4, -0.2) is 46.6 Å². The molecule has 9 heteroatoms. The molecule has 0 atom stereocenters. The Balaban J connectivity index is 2.40. The molecular formula is C19H23N3O6. The van der Waals surface area contributed by atoms with Crippen LogP contribution in [0.5, 0.6) is 0 Å². The van der Waals surface area contributed by atoms with Crippen LogP contribution in [0.4, 0.5) is 0 Å². The van der Waals surface area contributed by atoms with Crippen LogP contribution in [-0.2, 0) is 30.3 Å². The molecule has 1 amide bonds. The molecule has 0 spiro atoms. The quantitative estimate of drug-likeness (QED) is 0.506. The van der Waals surface area contributed by atoms with Crippen molar-refractivity contribution in [1.82, 2.24) is 15.3 Å². The second kappa shape index (κ2) is 9.12. The normalized spacial score (nSPS) is 11.1. The number of aromatic amines is 1. The molecule has 2 rings (SSSR count). The molecule has 0 saturated carbocycles. The maximum atomic E-state index is 12.6. The van der Waals surface area contributed by atoms with Crippen molar-refractivity contribution in [2.45, 2.75) is 39.2 Å². The molecule has 1 heterocycles. The predicted octanol–water partition coefficient (Wildman–Crippen LogP) is 0.857. The highest BCUT2D eigenvalue weighted by Gasteiger charge is 2.49. The topological polar surface area (TPSA) is 127 Å². The summed E-state index contributed by atoms with van der Waals surface area (Å²) in [5, 5.41) is 2.80. The Morgan fingerprint density at radius 2 is 1.71 bits per heavy atom. The summed E-state index contributed by atoms with van der Waals surface area (Å²) >= 11 is 0. The van der Waals surface area contributed by atoms with Crippen LogP contribution in [0.2, 0.25) is 0 Å². The number of benzene rings is 1. The third-order valence-corrected chi connectivity index (χ3v) is 4.04. The standard InChI is InChI=1S/C19H23N3O6/c1-4-27-17(25)19(22-12(3)23,18(26)28-5-2)11-10-15-20-14-9-7-6-8-13(14)16(24)21-15/h6-9H,4-5,10-11H2,1-3H3,(H,22,23)(H,20,21,24). The van der Waals surface area contributed by atoms with E-state index in [-0.39, 0.29) is 37.4 Å². The molecule has 0 bridgehead atoms. The van der Waals surface area contributed by atoms with Crippen molar-refractivity contribution in [2.24, 2.45) is 0 Å². The Hall–Kier alpha value is -3.23. The van der Waals surface area contributed by atoms with E-state index in [4.69, 9.17) is 9.47 Å². The molecule has 0 aliphatic rings. The number of nitrogens with zero attached hydrogens (tertiary/aromatic N) is 1. The second-order valence-corrected chi connectivity index (χ2v) is 6.06. The predicted molar refractivity (Wildman–Crippen MR) is 100 cm³/mol. The first-order valence-corrected chi connectivity index (χ1v) is 8.95. The van der Waals surface area contributed by atoms with Crippen molar-refractivity contribution in [3.63, 3.8) is 0 Å². The summed E-state index contributed by atoms with van der Waals surface area (Å²) in [6.07, 6.45) is -0.163. The summed E-state index contributed by atoms with van der Waals surface area (Å²) in [7, 11) is 0. The summed E-state index contributed by atoms with van der Waals surface area (Å²) in [6, 6.07) is 6.80. The molecule has 0 aliphatic carbocycles. The highest BCUT2D eigenvalue weighted by Crippen LogP contribution is 2.19. The highest BCUT2D eigenvalue weighted by molar-refractivity contribution is 6.07. The summed E-state index contributed by atoms with van der Waals surface area (Å²) in [5.41, 5.74) is -1.88. The summed E-state index contributed by atoms with van der Waals surface area (Å²) < 4.78 is 10.0. The zero-order chi connectivity index (χ0) is 20.7. The van der Waals surface area contributed by atoms with Gasteiger partial charge in [0.05, 0.1) is 24.1 Å². The number of H-pyrrole nitrogens is 1. The number of aryl methyl sites for hydroxylation is 1. The Labute approximate surface area is 161 Å². The number of ether oxygens (including phenoxy) is 2. The lowest BCUT2D eigenvalue weighted by Crippen LogP contribution is -2.61. The van der Waals surface area contributed by atoms with Gasteiger partial charge in [-0.15, -0.1) is 0 Å². The maximum absolute atomic E-state index is 12.6. The minimum atomic E-state index is -2.03. The second-order valence-electron chi connectivity index (χ2n) is 6.06. The smallest absolute Gasteiger partial charge is 0.343 e. The van der Waals surface area contributed by atoms with E-state index < -0.39 is 23.4 Å². The number of para-hydroxylation sites is 1. The van der Waals surface area contributed by atoms with Gasteiger partial charge in [0.25, 0.3) is 5.56 Å². The van der Waals surface area contributed by atoms with Crippen LogP contribution in [0.3, 0.4) is 0 Å². The van der Waals surface area contributed by atoms with Gasteiger partial charge in [-0.25, -0.2) is 14.6 Å². The van der Waals surface area contributed by atoms with Gasteiger partial charge < -0.3 is 19.8 Å². The highest BCUT2D eigenvalue weighted by atomic mass is 16.6. The zero-order valence-corrected chi connectivity index (χ0v) is 16.0. The van der Waals surface area contributed by atoms with Gasteiger partial charge in [-0.05, 0) is 32.4 Å². The van der Waals surface area contributed by atoms with Crippen molar-refractivity contribution < 1.29 is 23.9 Å². The van der Waals surface area contributed by atoms with Crippen molar-refractivity contribution in [2.75, 3.05) is 13.2 Å². The fourth-order valence-electron chi connectivity index (χ4n) is 2.82. The van der Waals surface area contributed by atoms with Crippen LogP contribution >= 0.6 is 0 Å². The molecule has 0 saturated heterocycles. The molecule has 9 nitrogen and oxygen atoms in total. The number of carbonyl (C=O) groups excluding carboxylic acids is 3. The number of esters is 2. The van der Waals surface area contributed by atoms with E-state index in [0.717, 1.165) is 0 Å². The van der Waals surface area contributed by atoms with E-state index in [1.807, 2.05) is 0 Å². The molecular weight excluding hydrogens is 366 g/mol. The molecule has 2 aromatic rings. The van der Waals surface area contributed by atoms with Crippen LogP contribution in [0.25, 0.3) is 10.9 Å². The van der Waals surface area contributed by atoms with Gasteiger partial charge in [-0.3, -0.25) is 9.59 Å². The molecule has 0 fully saturated rings. The molecule has 150 valence electrons. The summed E-state index contributed by atoms with van der Waals surface area (Å²) in [6.45, 7) is 4.40. The van der Waals surface area contributed by atoms with E-state index in [0.29, 0.717) is 10.9 Å². The van der Waals surface area contributed by atoms with Gasteiger partial charge in [-0.2, -0.15) is 0 Å². The lowest BCUT2D eigenvalue weighted by Gasteiger charge is -2.29. The van der Waals surface area contributed by atoms with Gasteiger partial charge in [0.2, 0.25) is 11.4 Å². The van der Waals surface area contributed by atoms with Gasteiger partial charge in [0.1, 0.15) is 5.82 Å². The van der Waals surface area contributed by atoms with Crippen molar-refractivity contribution in [1.29, 1.82) is 0 Å². The van der Waals surface area contributed by atoms with Crippen molar-refractivity contribution in [3.05, 3.63) is 40.4 Å². The van der Waals surface area contributed by atoms with Gasteiger partial charge in [-0.1, -0.05) is 12.1 Å². The van der Waals surface area contributed by atoms with E-state index in [1.54, 1.807) is 38.1 Å². The minimum absolute atomic E-state index is 0.0185. The lowest BCUT2D eigenvalue weighted by atomic mass is 9.92. The van der Waals surface area contributed by atoms with E-state index in [1.165, 1.54) is 6.92 Å². The van der Waals surface area contributed by atoms with Crippen LogP contribution in [0, 0.1) is 0 Å². The molecule has 0 aliphatic heterocycles. The maximum Gasteiger partial charge on any atom is 0.343 e. The van der Waals surface area contributed by atoms with Gasteiger partial charge in [0.15, 0.2) is 0 Å². The Kier molecular flexibility index (Phi) is 6.86. The van der Waals surface area contributed by atoms with Crippen LogP contribution in [0.15, 0.2) is 29.1 Å². The SMILES string of the molecule is CCOC(=O)C(CCc1nc2ccccc2c(=O)[nH]1)(NC(C)=O)C(=O)OCC. The first kappa shape index (κ1) is 21.1. The minimum Gasteiger partial charge on any atom is -0.464 e.